The Balaban J connectivity index is 5.07. The molecule has 0 aliphatic rings. The summed E-state index contributed by atoms with van der Waals surface area (Å²) in [6.45, 7) is 4.80. The van der Waals surface area contributed by atoms with E-state index in [1.165, 1.54) is 18.7 Å². The van der Waals surface area contributed by atoms with Crippen LogP contribution in [-0.4, -0.2) is 65.5 Å². The molecule has 0 rings (SSSR count). The van der Waals surface area contributed by atoms with E-state index in [0.29, 0.717) is 18.6 Å². The number of carboxylic acids is 1. The predicted molar refractivity (Wildman–Crippen MR) is 101 cm³/mol. The fourth-order valence-corrected chi connectivity index (χ4v) is 2.54. The van der Waals surface area contributed by atoms with Crippen LogP contribution in [0.25, 0.3) is 0 Å². The zero-order valence-corrected chi connectivity index (χ0v) is 16.5. The molecule has 0 aliphatic heterocycles. The summed E-state index contributed by atoms with van der Waals surface area (Å²) in [5, 5.41) is 16.1. The van der Waals surface area contributed by atoms with Crippen LogP contribution in [0.4, 0.5) is 0 Å². The normalized spacial score (nSPS) is 14.2. The number of carbonyl (C=O) groups excluding carboxylic acids is 3. The Morgan fingerprint density at radius 3 is 2.04 bits per heavy atom. The van der Waals surface area contributed by atoms with E-state index in [1.807, 2.05) is 20.1 Å². The van der Waals surface area contributed by atoms with E-state index in [4.69, 9.17) is 10.8 Å². The van der Waals surface area contributed by atoms with E-state index in [-0.39, 0.29) is 5.92 Å². The van der Waals surface area contributed by atoms with Gasteiger partial charge < -0.3 is 26.8 Å². The standard InChI is InChI=1S/C16H30N4O5S/c1-9(2)7-12(20-14(23)10(3)17)16(25)19-11(5-6-26-4)15(24)18-8-13(21)22/h9-12H,5-8,17H2,1-4H3,(H,18,24)(H,19,25)(H,20,23)(H,21,22). The van der Waals surface area contributed by atoms with Crippen molar-refractivity contribution in [3.63, 3.8) is 0 Å². The molecule has 0 aromatic heterocycles. The third-order valence-corrected chi connectivity index (χ3v) is 4.06. The Morgan fingerprint density at radius 2 is 1.58 bits per heavy atom. The molecule has 0 aliphatic carbocycles. The van der Waals surface area contributed by atoms with Gasteiger partial charge in [-0.15, -0.1) is 0 Å². The fourth-order valence-electron chi connectivity index (χ4n) is 2.07. The maximum absolute atomic E-state index is 12.6. The average Bonchev–Trinajstić information content (AvgIpc) is 2.54. The maximum Gasteiger partial charge on any atom is 0.322 e. The molecular formula is C16H30N4O5S. The van der Waals surface area contributed by atoms with E-state index < -0.39 is 48.4 Å². The lowest BCUT2D eigenvalue weighted by molar-refractivity contribution is -0.138. The molecule has 9 nitrogen and oxygen atoms in total. The van der Waals surface area contributed by atoms with Crippen molar-refractivity contribution in [2.45, 2.75) is 51.7 Å². The van der Waals surface area contributed by atoms with Crippen molar-refractivity contribution >= 4 is 35.5 Å². The van der Waals surface area contributed by atoms with Crippen molar-refractivity contribution in [1.29, 1.82) is 0 Å². The second kappa shape index (κ2) is 12.5. The molecule has 0 bridgehead atoms. The number of carbonyl (C=O) groups is 4. The van der Waals surface area contributed by atoms with Crippen molar-refractivity contribution in [3.05, 3.63) is 0 Å². The molecule has 0 aromatic carbocycles. The summed E-state index contributed by atoms with van der Waals surface area (Å²) in [7, 11) is 0. The summed E-state index contributed by atoms with van der Waals surface area (Å²) < 4.78 is 0. The van der Waals surface area contributed by atoms with Crippen LogP contribution in [0.15, 0.2) is 0 Å². The van der Waals surface area contributed by atoms with Gasteiger partial charge in [-0.05, 0) is 37.7 Å². The van der Waals surface area contributed by atoms with Gasteiger partial charge in [0, 0.05) is 0 Å². The van der Waals surface area contributed by atoms with Crippen molar-refractivity contribution in [1.82, 2.24) is 16.0 Å². The molecular weight excluding hydrogens is 360 g/mol. The van der Waals surface area contributed by atoms with Crippen LogP contribution in [0.5, 0.6) is 0 Å². The van der Waals surface area contributed by atoms with E-state index in [1.54, 1.807) is 0 Å². The first-order valence-corrected chi connectivity index (χ1v) is 9.82. The van der Waals surface area contributed by atoms with Crippen LogP contribution >= 0.6 is 11.8 Å². The van der Waals surface area contributed by atoms with Crippen LogP contribution in [0, 0.1) is 5.92 Å². The second-order valence-corrected chi connectivity index (χ2v) is 7.42. The van der Waals surface area contributed by atoms with E-state index in [0.717, 1.165) is 0 Å². The molecule has 0 saturated heterocycles. The highest BCUT2D eigenvalue weighted by Crippen LogP contribution is 2.07. The van der Waals surface area contributed by atoms with E-state index in [2.05, 4.69) is 16.0 Å². The number of thioether (sulfide) groups is 1. The zero-order chi connectivity index (χ0) is 20.3. The second-order valence-electron chi connectivity index (χ2n) is 6.43. The Morgan fingerprint density at radius 1 is 1.00 bits per heavy atom. The average molecular weight is 391 g/mol. The van der Waals surface area contributed by atoms with E-state index >= 15 is 0 Å². The zero-order valence-electron chi connectivity index (χ0n) is 15.7. The molecule has 0 fully saturated rings. The SMILES string of the molecule is CSCCC(NC(=O)C(CC(C)C)NC(=O)C(C)N)C(=O)NCC(=O)O. The van der Waals surface area contributed by atoms with Crippen LogP contribution in [-0.2, 0) is 19.2 Å². The smallest absolute Gasteiger partial charge is 0.322 e. The first-order valence-electron chi connectivity index (χ1n) is 8.43. The number of hydrogen-bond acceptors (Lipinski definition) is 6. The highest BCUT2D eigenvalue weighted by molar-refractivity contribution is 7.98. The highest BCUT2D eigenvalue weighted by Gasteiger charge is 2.27. The summed E-state index contributed by atoms with van der Waals surface area (Å²) in [6, 6.07) is -2.46. The van der Waals surface area contributed by atoms with Crippen molar-refractivity contribution in [3.8, 4) is 0 Å². The summed E-state index contributed by atoms with van der Waals surface area (Å²) in [4.78, 5) is 47.2. The summed E-state index contributed by atoms with van der Waals surface area (Å²) in [6.07, 6.45) is 2.59. The lowest BCUT2D eigenvalue weighted by atomic mass is 10.0. The van der Waals surface area contributed by atoms with Crippen molar-refractivity contribution < 1.29 is 24.3 Å². The molecule has 10 heteroatoms. The number of nitrogens with two attached hydrogens (primary N) is 1. The van der Waals surface area contributed by atoms with Gasteiger partial charge in [-0.1, -0.05) is 13.8 Å². The Hall–Kier alpha value is -1.81. The lowest BCUT2D eigenvalue weighted by Crippen LogP contribution is -2.56. The molecule has 150 valence electrons. The molecule has 3 unspecified atom stereocenters. The van der Waals surface area contributed by atoms with Gasteiger partial charge in [0.25, 0.3) is 0 Å². The van der Waals surface area contributed by atoms with Gasteiger partial charge >= 0.3 is 5.97 Å². The minimum Gasteiger partial charge on any atom is -0.480 e. The Kier molecular flexibility index (Phi) is 11.7. The first kappa shape index (κ1) is 24.2. The van der Waals surface area contributed by atoms with Crippen LogP contribution in [0.1, 0.15) is 33.6 Å². The first-order chi connectivity index (χ1) is 12.1. The minimum absolute atomic E-state index is 0.129. The molecule has 26 heavy (non-hydrogen) atoms. The lowest BCUT2D eigenvalue weighted by Gasteiger charge is -2.24. The molecule has 0 aromatic rings. The Bertz CT molecular complexity index is 499. The number of rotatable bonds is 12. The number of amides is 3. The predicted octanol–water partition coefficient (Wildman–Crippen LogP) is -0.697. The van der Waals surface area contributed by atoms with Gasteiger partial charge in [0.1, 0.15) is 18.6 Å². The largest absolute Gasteiger partial charge is 0.480 e. The highest BCUT2D eigenvalue weighted by atomic mass is 32.2. The topological polar surface area (TPSA) is 151 Å². The summed E-state index contributed by atoms with van der Waals surface area (Å²) >= 11 is 1.50. The van der Waals surface area contributed by atoms with Gasteiger partial charge in [-0.25, -0.2) is 0 Å². The third kappa shape index (κ3) is 10.2. The van der Waals surface area contributed by atoms with Gasteiger partial charge in [0.05, 0.1) is 6.04 Å². The fraction of sp³-hybridized carbons (Fsp3) is 0.750. The van der Waals surface area contributed by atoms with Gasteiger partial charge in [0.2, 0.25) is 17.7 Å². The van der Waals surface area contributed by atoms with Crippen molar-refractivity contribution in [2.75, 3.05) is 18.6 Å². The number of hydrogen-bond donors (Lipinski definition) is 5. The monoisotopic (exact) mass is 390 g/mol. The van der Waals surface area contributed by atoms with Gasteiger partial charge in [-0.3, -0.25) is 19.2 Å². The molecule has 6 N–H and O–H groups in total. The molecule has 0 radical (unpaired) electrons. The maximum atomic E-state index is 12.6. The summed E-state index contributed by atoms with van der Waals surface area (Å²) in [5.41, 5.74) is 5.53. The number of nitrogens with one attached hydrogen (secondary N) is 3. The molecule has 0 heterocycles. The quantitative estimate of drug-likeness (QED) is 0.296. The van der Waals surface area contributed by atoms with Crippen LogP contribution in [0.3, 0.4) is 0 Å². The minimum atomic E-state index is -1.17. The van der Waals surface area contributed by atoms with E-state index in [9.17, 15) is 19.2 Å². The Labute approximate surface area is 158 Å². The van der Waals surface area contributed by atoms with Crippen molar-refractivity contribution in [2.24, 2.45) is 11.7 Å². The third-order valence-electron chi connectivity index (χ3n) is 3.41. The molecule has 3 amide bonds. The number of aliphatic carboxylic acids is 1. The summed E-state index contributed by atoms with van der Waals surface area (Å²) in [5.74, 6) is -1.96. The molecule has 3 atom stereocenters. The molecule has 0 saturated carbocycles. The number of carboxylic acid groups (broad SMARTS) is 1. The van der Waals surface area contributed by atoms with Crippen LogP contribution in [0.2, 0.25) is 0 Å². The van der Waals surface area contributed by atoms with Gasteiger partial charge in [-0.2, -0.15) is 11.8 Å². The van der Waals surface area contributed by atoms with Gasteiger partial charge in [0.15, 0.2) is 0 Å². The van der Waals surface area contributed by atoms with Crippen LogP contribution < -0.4 is 21.7 Å². The molecule has 0 spiro atoms.